The normalized spacial score (nSPS) is 15.5. The van der Waals surface area contributed by atoms with Gasteiger partial charge >= 0.3 is 0 Å². The molecular formula is C25H28N2O3S. The van der Waals surface area contributed by atoms with Gasteiger partial charge < -0.3 is 14.8 Å². The Morgan fingerprint density at radius 2 is 1.74 bits per heavy atom. The summed E-state index contributed by atoms with van der Waals surface area (Å²) in [6.07, 6.45) is 0. The summed E-state index contributed by atoms with van der Waals surface area (Å²) in [7, 11) is 1.71. The van der Waals surface area contributed by atoms with E-state index in [1.54, 1.807) is 18.4 Å². The number of carbonyl (C=O) groups is 1. The summed E-state index contributed by atoms with van der Waals surface area (Å²) in [5, 5.41) is 4.09. The van der Waals surface area contributed by atoms with Crippen LogP contribution in [0, 0.1) is 13.8 Å². The number of nitrogens with one attached hydrogen (secondary N) is 1. The monoisotopic (exact) mass is 436 g/mol. The summed E-state index contributed by atoms with van der Waals surface area (Å²) in [5.41, 5.74) is 4.09. The van der Waals surface area contributed by atoms with Crippen molar-refractivity contribution >= 4 is 22.2 Å². The zero-order valence-corrected chi connectivity index (χ0v) is 19.0. The molecule has 6 heteroatoms. The third-order valence-corrected chi connectivity index (χ3v) is 6.95. The second kappa shape index (κ2) is 9.64. The van der Waals surface area contributed by atoms with Crippen LogP contribution in [-0.2, 0) is 4.74 Å². The van der Waals surface area contributed by atoms with Crippen LogP contribution in [0.2, 0.25) is 0 Å². The van der Waals surface area contributed by atoms with Crippen LogP contribution in [0.15, 0.2) is 54.6 Å². The first-order chi connectivity index (χ1) is 15.1. The van der Waals surface area contributed by atoms with Crippen molar-refractivity contribution in [1.29, 1.82) is 0 Å². The van der Waals surface area contributed by atoms with Gasteiger partial charge in [-0.1, -0.05) is 36.4 Å². The molecule has 3 aromatic rings. The number of rotatable bonds is 6. The molecule has 1 saturated heterocycles. The number of methoxy groups -OCH3 is 1. The van der Waals surface area contributed by atoms with Gasteiger partial charge in [-0.3, -0.25) is 9.69 Å². The van der Waals surface area contributed by atoms with Crippen molar-refractivity contribution in [3.63, 3.8) is 0 Å². The highest BCUT2D eigenvalue weighted by Crippen LogP contribution is 2.44. The Labute approximate surface area is 187 Å². The smallest absolute Gasteiger partial charge is 0.256 e. The third-order valence-electron chi connectivity index (χ3n) is 5.81. The number of ether oxygens (including phenoxy) is 2. The van der Waals surface area contributed by atoms with Gasteiger partial charge in [0.1, 0.15) is 10.8 Å². The molecule has 1 aromatic heterocycles. The minimum absolute atomic E-state index is 0.0314. The predicted octanol–water partition coefficient (Wildman–Crippen LogP) is 5.05. The number of para-hydroxylation sites is 1. The third kappa shape index (κ3) is 4.51. The van der Waals surface area contributed by atoms with Gasteiger partial charge in [-0.2, -0.15) is 0 Å². The van der Waals surface area contributed by atoms with E-state index in [1.807, 2.05) is 48.5 Å². The maximum atomic E-state index is 13.0. The number of anilines is 1. The Hall–Kier alpha value is -2.67. The highest BCUT2D eigenvalue weighted by atomic mass is 32.1. The number of aryl methyl sites for hydroxylation is 1. The SMILES string of the molecule is COc1ccccc1C(c1c(NC(=O)c2ccccc2)sc(C)c1C)N1CCOCC1. The molecule has 1 aliphatic heterocycles. The number of benzene rings is 2. The van der Waals surface area contributed by atoms with Crippen molar-refractivity contribution in [1.82, 2.24) is 4.90 Å². The van der Waals surface area contributed by atoms with Gasteiger partial charge in [0.25, 0.3) is 5.91 Å². The van der Waals surface area contributed by atoms with Crippen LogP contribution in [0.3, 0.4) is 0 Å². The summed E-state index contributed by atoms with van der Waals surface area (Å²) in [4.78, 5) is 16.6. The summed E-state index contributed by atoms with van der Waals surface area (Å²) >= 11 is 1.63. The first-order valence-corrected chi connectivity index (χ1v) is 11.3. The highest BCUT2D eigenvalue weighted by Gasteiger charge is 2.32. The number of hydrogen-bond acceptors (Lipinski definition) is 5. The molecule has 0 spiro atoms. The molecule has 5 nitrogen and oxygen atoms in total. The number of morpholine rings is 1. The molecule has 2 heterocycles. The number of hydrogen-bond donors (Lipinski definition) is 1. The first-order valence-electron chi connectivity index (χ1n) is 10.5. The summed E-state index contributed by atoms with van der Waals surface area (Å²) in [6, 6.07) is 17.5. The van der Waals surface area contributed by atoms with Crippen molar-refractivity contribution in [2.24, 2.45) is 0 Å². The van der Waals surface area contributed by atoms with Crippen LogP contribution in [0.5, 0.6) is 5.75 Å². The molecule has 1 unspecified atom stereocenters. The van der Waals surface area contributed by atoms with E-state index >= 15 is 0 Å². The maximum Gasteiger partial charge on any atom is 0.256 e. The topological polar surface area (TPSA) is 50.8 Å². The lowest BCUT2D eigenvalue weighted by atomic mass is 9.93. The molecule has 1 fully saturated rings. The lowest BCUT2D eigenvalue weighted by Gasteiger charge is -2.36. The Bertz CT molecular complexity index is 1040. The molecule has 4 rings (SSSR count). The Kier molecular flexibility index (Phi) is 6.70. The van der Waals surface area contributed by atoms with Gasteiger partial charge in [0, 0.05) is 34.7 Å². The molecule has 0 saturated carbocycles. The molecule has 0 aliphatic carbocycles. The fourth-order valence-electron chi connectivity index (χ4n) is 4.09. The standard InChI is InChI=1S/C25H28N2O3S/c1-17-18(2)31-25(26-24(28)19-9-5-4-6-10-19)22(17)23(27-13-15-30-16-14-27)20-11-7-8-12-21(20)29-3/h4-12,23H,13-16H2,1-3H3,(H,26,28). The van der Waals surface area contributed by atoms with E-state index in [2.05, 4.69) is 30.1 Å². The molecule has 0 radical (unpaired) electrons. The molecule has 0 bridgehead atoms. The lowest BCUT2D eigenvalue weighted by Crippen LogP contribution is -2.40. The number of thiophene rings is 1. The molecule has 1 N–H and O–H groups in total. The molecule has 1 amide bonds. The highest BCUT2D eigenvalue weighted by molar-refractivity contribution is 7.16. The van der Waals surface area contributed by atoms with Gasteiger partial charge in [-0.25, -0.2) is 0 Å². The molecule has 1 aliphatic rings. The summed E-state index contributed by atoms with van der Waals surface area (Å²) in [5.74, 6) is 0.756. The summed E-state index contributed by atoms with van der Waals surface area (Å²) in [6.45, 7) is 7.29. The van der Waals surface area contributed by atoms with Gasteiger partial charge in [0.2, 0.25) is 0 Å². The molecule has 2 aromatic carbocycles. The van der Waals surface area contributed by atoms with Crippen molar-refractivity contribution in [3.05, 3.63) is 81.7 Å². The zero-order chi connectivity index (χ0) is 21.8. The Morgan fingerprint density at radius 3 is 2.45 bits per heavy atom. The van der Waals surface area contributed by atoms with Crippen molar-refractivity contribution in [2.45, 2.75) is 19.9 Å². The predicted molar refractivity (Wildman–Crippen MR) is 125 cm³/mol. The van der Waals surface area contributed by atoms with Crippen LogP contribution in [0.1, 0.15) is 38.0 Å². The van der Waals surface area contributed by atoms with E-state index in [-0.39, 0.29) is 11.9 Å². The number of carbonyl (C=O) groups excluding carboxylic acids is 1. The summed E-state index contributed by atoms with van der Waals surface area (Å²) < 4.78 is 11.4. The van der Waals surface area contributed by atoms with E-state index in [4.69, 9.17) is 9.47 Å². The van der Waals surface area contributed by atoms with Crippen LogP contribution in [0.25, 0.3) is 0 Å². The quantitative estimate of drug-likeness (QED) is 0.588. The number of amides is 1. The molecular weight excluding hydrogens is 408 g/mol. The van der Waals surface area contributed by atoms with Gasteiger partial charge in [-0.05, 0) is 37.6 Å². The van der Waals surface area contributed by atoms with Gasteiger partial charge in [0.05, 0.1) is 26.4 Å². The largest absolute Gasteiger partial charge is 0.496 e. The van der Waals surface area contributed by atoms with Gasteiger partial charge in [0.15, 0.2) is 0 Å². The second-order valence-electron chi connectivity index (χ2n) is 7.64. The van der Waals surface area contributed by atoms with Crippen LogP contribution in [-0.4, -0.2) is 44.2 Å². The molecule has 162 valence electrons. The van der Waals surface area contributed by atoms with Crippen molar-refractivity contribution in [2.75, 3.05) is 38.7 Å². The van der Waals surface area contributed by atoms with E-state index in [9.17, 15) is 4.79 Å². The van der Waals surface area contributed by atoms with Gasteiger partial charge in [-0.15, -0.1) is 11.3 Å². The maximum absolute atomic E-state index is 13.0. The lowest BCUT2D eigenvalue weighted by molar-refractivity contribution is 0.0236. The van der Waals surface area contributed by atoms with Crippen molar-refractivity contribution in [3.8, 4) is 5.75 Å². The zero-order valence-electron chi connectivity index (χ0n) is 18.2. The first kappa shape index (κ1) is 21.6. The minimum atomic E-state index is -0.0937. The average Bonchev–Trinajstić information content (AvgIpc) is 3.09. The Morgan fingerprint density at radius 1 is 1.06 bits per heavy atom. The Balaban J connectivity index is 1.80. The molecule has 1 atom stereocenters. The van der Waals surface area contributed by atoms with E-state index in [1.165, 1.54) is 10.4 Å². The fourth-order valence-corrected chi connectivity index (χ4v) is 5.18. The van der Waals surface area contributed by atoms with E-state index < -0.39 is 0 Å². The van der Waals surface area contributed by atoms with Crippen LogP contribution < -0.4 is 10.1 Å². The van der Waals surface area contributed by atoms with E-state index in [0.717, 1.165) is 35.0 Å². The van der Waals surface area contributed by atoms with Crippen LogP contribution >= 0.6 is 11.3 Å². The average molecular weight is 437 g/mol. The second-order valence-corrected chi connectivity index (χ2v) is 8.86. The van der Waals surface area contributed by atoms with E-state index in [0.29, 0.717) is 18.8 Å². The number of nitrogens with zero attached hydrogens (tertiary/aromatic N) is 1. The van der Waals surface area contributed by atoms with Crippen molar-refractivity contribution < 1.29 is 14.3 Å². The van der Waals surface area contributed by atoms with Crippen LogP contribution in [0.4, 0.5) is 5.00 Å². The molecule has 31 heavy (non-hydrogen) atoms. The minimum Gasteiger partial charge on any atom is -0.496 e. The fraction of sp³-hybridized carbons (Fsp3) is 0.320.